The summed E-state index contributed by atoms with van der Waals surface area (Å²) >= 11 is 6.15. The van der Waals surface area contributed by atoms with E-state index >= 15 is 0 Å². The molecule has 0 atom stereocenters. The SMILES string of the molecule is Nc1c(N=Nc2cc(C(=O)O)ccc2Cl)c(-c2ccccc2)nn1-c1cc(C(=O)O)cc(C(=O)O)c1. The van der Waals surface area contributed by atoms with Gasteiger partial charge in [0.15, 0.2) is 11.5 Å². The van der Waals surface area contributed by atoms with Crippen LogP contribution in [0.5, 0.6) is 0 Å². The predicted molar refractivity (Wildman–Crippen MR) is 130 cm³/mol. The third kappa shape index (κ3) is 4.76. The second-order valence-electron chi connectivity index (χ2n) is 7.41. The normalized spacial score (nSPS) is 11.0. The lowest BCUT2D eigenvalue weighted by atomic mass is 10.1. The van der Waals surface area contributed by atoms with Gasteiger partial charge in [-0.2, -0.15) is 5.10 Å². The Morgan fingerprint density at radius 3 is 2.00 bits per heavy atom. The van der Waals surface area contributed by atoms with Crippen molar-refractivity contribution >= 4 is 46.7 Å². The Morgan fingerprint density at radius 2 is 1.42 bits per heavy atom. The molecule has 0 saturated heterocycles. The molecule has 0 amide bonds. The number of aromatic nitrogens is 2. The molecule has 4 aromatic rings. The molecular weight excluding hydrogens is 490 g/mol. The molecule has 0 aliphatic carbocycles. The number of hydrogen-bond donors (Lipinski definition) is 4. The van der Waals surface area contributed by atoms with Crippen LogP contribution >= 0.6 is 11.6 Å². The number of benzene rings is 3. The lowest BCUT2D eigenvalue weighted by Crippen LogP contribution is -2.08. The Kier molecular flexibility index (Phi) is 6.48. The Labute approximate surface area is 207 Å². The standard InChI is InChI=1S/C24H16ClN5O6/c25-17-7-6-13(22(31)32)11-18(17)27-28-20-19(12-4-2-1-3-5-12)29-30(21(20)26)16-9-14(23(33)34)8-15(10-16)24(35)36/h1-11H,26H2,(H,31,32)(H,33,34)(H,35,36). The lowest BCUT2D eigenvalue weighted by molar-refractivity contribution is 0.0682. The summed E-state index contributed by atoms with van der Waals surface area (Å²) in [6.45, 7) is 0. The molecule has 5 N–H and O–H groups in total. The second kappa shape index (κ2) is 9.68. The van der Waals surface area contributed by atoms with Crippen LogP contribution in [0.3, 0.4) is 0 Å². The van der Waals surface area contributed by atoms with Crippen molar-refractivity contribution in [3.8, 4) is 16.9 Å². The van der Waals surface area contributed by atoms with Crippen molar-refractivity contribution in [3.05, 3.63) is 88.4 Å². The van der Waals surface area contributed by atoms with Crippen LogP contribution in [0.1, 0.15) is 31.1 Å². The Balaban J connectivity index is 1.92. The molecule has 0 aliphatic rings. The third-order valence-electron chi connectivity index (χ3n) is 5.05. The molecule has 180 valence electrons. The summed E-state index contributed by atoms with van der Waals surface area (Å²) in [7, 11) is 0. The zero-order chi connectivity index (χ0) is 26.0. The number of carboxylic acid groups (broad SMARTS) is 3. The zero-order valence-corrected chi connectivity index (χ0v) is 18.9. The second-order valence-corrected chi connectivity index (χ2v) is 7.82. The maximum Gasteiger partial charge on any atom is 0.335 e. The minimum absolute atomic E-state index is 0.0491. The van der Waals surface area contributed by atoms with Crippen LogP contribution in [0.2, 0.25) is 5.02 Å². The van der Waals surface area contributed by atoms with E-state index in [0.29, 0.717) is 5.56 Å². The Morgan fingerprint density at radius 1 is 0.806 bits per heavy atom. The molecule has 0 unspecified atom stereocenters. The van der Waals surface area contributed by atoms with Crippen molar-refractivity contribution in [1.29, 1.82) is 0 Å². The van der Waals surface area contributed by atoms with Crippen LogP contribution in [0.15, 0.2) is 77.0 Å². The molecule has 11 nitrogen and oxygen atoms in total. The number of hydrogen-bond acceptors (Lipinski definition) is 7. The van der Waals surface area contributed by atoms with Crippen molar-refractivity contribution in [1.82, 2.24) is 9.78 Å². The molecule has 0 radical (unpaired) electrons. The van der Waals surface area contributed by atoms with Gasteiger partial charge >= 0.3 is 17.9 Å². The largest absolute Gasteiger partial charge is 0.478 e. The average Bonchev–Trinajstić information content (AvgIpc) is 3.19. The van der Waals surface area contributed by atoms with Crippen molar-refractivity contribution in [2.75, 3.05) is 5.73 Å². The molecule has 0 bridgehead atoms. The summed E-state index contributed by atoms with van der Waals surface area (Å²) in [6.07, 6.45) is 0. The first-order valence-electron chi connectivity index (χ1n) is 10.2. The maximum atomic E-state index is 11.6. The Bertz CT molecular complexity index is 1520. The molecule has 1 aromatic heterocycles. The summed E-state index contributed by atoms with van der Waals surface area (Å²) in [4.78, 5) is 34.4. The number of carbonyl (C=O) groups is 3. The zero-order valence-electron chi connectivity index (χ0n) is 18.2. The number of rotatable bonds is 7. The molecule has 4 rings (SSSR count). The summed E-state index contributed by atoms with van der Waals surface area (Å²) in [6, 6.07) is 16.2. The topological polar surface area (TPSA) is 180 Å². The maximum absolute atomic E-state index is 11.6. The summed E-state index contributed by atoms with van der Waals surface area (Å²) < 4.78 is 1.16. The molecule has 0 fully saturated rings. The molecule has 12 heteroatoms. The van der Waals surface area contributed by atoms with E-state index in [1.165, 1.54) is 30.3 Å². The summed E-state index contributed by atoms with van der Waals surface area (Å²) in [5.41, 5.74) is 6.82. The van der Waals surface area contributed by atoms with Crippen LogP contribution in [0.25, 0.3) is 16.9 Å². The van der Waals surface area contributed by atoms with Crippen LogP contribution in [0, 0.1) is 0 Å². The first kappa shape index (κ1) is 24.1. The predicted octanol–water partition coefficient (Wildman–Crippen LogP) is 5.28. The van der Waals surface area contributed by atoms with Crippen LogP contribution in [-0.4, -0.2) is 43.0 Å². The van der Waals surface area contributed by atoms with Gasteiger partial charge in [0, 0.05) is 5.56 Å². The van der Waals surface area contributed by atoms with Gasteiger partial charge in [-0.15, -0.1) is 10.2 Å². The van der Waals surface area contributed by atoms with Crippen molar-refractivity contribution in [2.24, 2.45) is 10.2 Å². The first-order chi connectivity index (χ1) is 17.2. The van der Waals surface area contributed by atoms with Crippen LogP contribution < -0.4 is 5.73 Å². The number of nitrogens with zero attached hydrogens (tertiary/aromatic N) is 4. The molecular formula is C24H16ClN5O6. The van der Waals surface area contributed by atoms with Crippen molar-refractivity contribution < 1.29 is 29.7 Å². The molecule has 3 aromatic carbocycles. The van der Waals surface area contributed by atoms with E-state index in [9.17, 15) is 29.7 Å². The van der Waals surface area contributed by atoms with Gasteiger partial charge in [-0.3, -0.25) is 0 Å². The number of nitrogens with two attached hydrogens (primary N) is 1. The Hall–Kier alpha value is -5.03. The van der Waals surface area contributed by atoms with Gasteiger partial charge in [-0.25, -0.2) is 19.1 Å². The highest BCUT2D eigenvalue weighted by Gasteiger charge is 2.21. The highest BCUT2D eigenvalue weighted by atomic mass is 35.5. The summed E-state index contributed by atoms with van der Waals surface area (Å²) in [5.74, 6) is -3.91. The lowest BCUT2D eigenvalue weighted by Gasteiger charge is -2.07. The third-order valence-corrected chi connectivity index (χ3v) is 5.37. The fourth-order valence-electron chi connectivity index (χ4n) is 3.32. The van der Waals surface area contributed by atoms with Gasteiger partial charge in [-0.05, 0) is 36.4 Å². The monoisotopic (exact) mass is 505 g/mol. The number of nitrogen functional groups attached to an aromatic ring is 1. The molecule has 0 spiro atoms. The molecule has 36 heavy (non-hydrogen) atoms. The van der Waals surface area contributed by atoms with E-state index in [1.54, 1.807) is 30.3 Å². The number of anilines is 1. The summed E-state index contributed by atoms with van der Waals surface area (Å²) in [5, 5.41) is 41.0. The van der Waals surface area contributed by atoms with Gasteiger partial charge in [0.1, 0.15) is 11.4 Å². The van der Waals surface area contributed by atoms with E-state index in [0.717, 1.165) is 10.7 Å². The minimum atomic E-state index is -1.33. The number of aromatic carboxylic acids is 3. The van der Waals surface area contributed by atoms with Gasteiger partial charge < -0.3 is 21.1 Å². The highest BCUT2D eigenvalue weighted by Crippen LogP contribution is 2.38. The first-order valence-corrected chi connectivity index (χ1v) is 10.5. The van der Waals surface area contributed by atoms with Gasteiger partial charge in [0.25, 0.3) is 0 Å². The van der Waals surface area contributed by atoms with Crippen molar-refractivity contribution in [2.45, 2.75) is 0 Å². The van der Waals surface area contributed by atoms with E-state index in [2.05, 4.69) is 15.3 Å². The van der Waals surface area contributed by atoms with E-state index in [1.807, 2.05) is 0 Å². The van der Waals surface area contributed by atoms with Gasteiger partial charge in [-0.1, -0.05) is 41.9 Å². The van der Waals surface area contributed by atoms with E-state index in [4.69, 9.17) is 17.3 Å². The molecule has 0 saturated carbocycles. The van der Waals surface area contributed by atoms with Gasteiger partial charge in [0.2, 0.25) is 0 Å². The number of carboxylic acids is 3. The minimum Gasteiger partial charge on any atom is -0.478 e. The highest BCUT2D eigenvalue weighted by molar-refractivity contribution is 6.33. The van der Waals surface area contributed by atoms with Crippen molar-refractivity contribution in [3.63, 3.8) is 0 Å². The quantitative estimate of drug-likeness (QED) is 0.244. The molecule has 0 aliphatic heterocycles. The van der Waals surface area contributed by atoms with E-state index in [-0.39, 0.29) is 50.3 Å². The van der Waals surface area contributed by atoms with Crippen LogP contribution in [0.4, 0.5) is 17.2 Å². The smallest absolute Gasteiger partial charge is 0.335 e. The average molecular weight is 506 g/mol. The number of azo groups is 1. The number of halogens is 1. The van der Waals surface area contributed by atoms with Gasteiger partial charge in [0.05, 0.1) is 27.4 Å². The fraction of sp³-hybridized carbons (Fsp3) is 0. The fourth-order valence-corrected chi connectivity index (χ4v) is 3.47. The molecule has 1 heterocycles. The van der Waals surface area contributed by atoms with E-state index < -0.39 is 17.9 Å². The van der Waals surface area contributed by atoms with Crippen LogP contribution in [-0.2, 0) is 0 Å².